The zero-order valence-corrected chi connectivity index (χ0v) is 18.4. The summed E-state index contributed by atoms with van der Waals surface area (Å²) >= 11 is -3.68. The molecule has 4 rings (SSSR count). The molecule has 0 spiro atoms. The van der Waals surface area contributed by atoms with Crippen LogP contribution in [0.2, 0.25) is 0 Å². The minimum atomic E-state index is -3.86. The zero-order valence-electron chi connectivity index (χ0n) is 15.7. The molecular formula is C24H20AsNO2S. The molecule has 0 atom stereocenters. The molecule has 0 heterocycles. The summed E-state index contributed by atoms with van der Waals surface area (Å²) < 4.78 is 34.5. The molecular weight excluding hydrogens is 441 g/mol. The van der Waals surface area contributed by atoms with Gasteiger partial charge in [0.2, 0.25) is 0 Å². The van der Waals surface area contributed by atoms with Crippen LogP contribution in [0, 0.1) is 0 Å². The molecule has 0 aromatic heterocycles. The maximum atomic E-state index is 13.4. The van der Waals surface area contributed by atoms with Crippen molar-refractivity contribution in [3.05, 3.63) is 121 Å². The van der Waals surface area contributed by atoms with E-state index in [1.165, 1.54) is 0 Å². The Hall–Kier alpha value is -2.81. The van der Waals surface area contributed by atoms with Gasteiger partial charge in [0.05, 0.1) is 0 Å². The van der Waals surface area contributed by atoms with Crippen LogP contribution in [0.25, 0.3) is 0 Å². The van der Waals surface area contributed by atoms with Gasteiger partial charge in [0.15, 0.2) is 0 Å². The first-order valence-corrected chi connectivity index (χ1v) is 14.3. The Bertz CT molecular complexity index is 1140. The molecule has 0 aliphatic carbocycles. The second-order valence-electron chi connectivity index (χ2n) is 6.51. The first-order valence-electron chi connectivity index (χ1n) is 9.23. The van der Waals surface area contributed by atoms with Crippen LogP contribution in [-0.4, -0.2) is 21.8 Å². The molecule has 0 bridgehead atoms. The van der Waals surface area contributed by atoms with Gasteiger partial charge in [0, 0.05) is 0 Å². The third-order valence-corrected chi connectivity index (χ3v) is 15.5. The number of hydrogen-bond donors (Lipinski definition) is 0. The fraction of sp³-hybridized carbons (Fsp3) is 0. The van der Waals surface area contributed by atoms with Crippen LogP contribution in [0.4, 0.5) is 0 Å². The molecule has 5 heteroatoms. The third kappa shape index (κ3) is 3.87. The topological polar surface area (TPSA) is 46.5 Å². The second-order valence-corrected chi connectivity index (χ2v) is 15.0. The summed E-state index contributed by atoms with van der Waals surface area (Å²) in [5.74, 6) is 0. The molecule has 0 saturated carbocycles. The standard InChI is InChI=1S/C24H20AsNO2S/c27-29(28,24-19-11-4-12-20-24)26-25(21-13-5-1-6-14-21,22-15-7-2-8-16-22)23-17-9-3-10-18-23/h1-20H. The van der Waals surface area contributed by atoms with E-state index in [1.54, 1.807) is 30.3 Å². The number of benzene rings is 4. The van der Waals surface area contributed by atoms with Crippen molar-refractivity contribution in [3.63, 3.8) is 0 Å². The SMILES string of the molecule is O=S(=O)(N=[As](c1ccccc1)(c1ccccc1)c1ccccc1)c1ccccc1. The summed E-state index contributed by atoms with van der Waals surface area (Å²) in [4.78, 5) is 0.216. The summed E-state index contributed by atoms with van der Waals surface area (Å²) in [5, 5.41) is 0. The number of sulfonamides is 1. The average Bonchev–Trinajstić information content (AvgIpc) is 2.80. The van der Waals surface area contributed by atoms with Crippen LogP contribution in [0.1, 0.15) is 0 Å². The van der Waals surface area contributed by atoms with Crippen LogP contribution in [-0.2, 0) is 10.0 Å². The first-order chi connectivity index (χ1) is 14.1. The summed E-state index contributed by atoms with van der Waals surface area (Å²) in [7, 11) is -3.86. The van der Waals surface area contributed by atoms with E-state index < -0.39 is 23.4 Å². The average molecular weight is 461 g/mol. The van der Waals surface area contributed by atoms with Crippen molar-refractivity contribution in [1.82, 2.24) is 0 Å². The van der Waals surface area contributed by atoms with E-state index in [-0.39, 0.29) is 4.90 Å². The van der Waals surface area contributed by atoms with Crippen molar-refractivity contribution in [2.45, 2.75) is 4.90 Å². The van der Waals surface area contributed by atoms with Gasteiger partial charge in [0.25, 0.3) is 0 Å². The Kier molecular flexibility index (Phi) is 5.57. The van der Waals surface area contributed by atoms with Crippen LogP contribution in [0.5, 0.6) is 0 Å². The van der Waals surface area contributed by atoms with Crippen molar-refractivity contribution in [1.29, 1.82) is 0 Å². The monoisotopic (exact) mass is 461 g/mol. The molecule has 0 unspecified atom stereocenters. The van der Waals surface area contributed by atoms with Crippen LogP contribution >= 0.6 is 0 Å². The molecule has 29 heavy (non-hydrogen) atoms. The van der Waals surface area contributed by atoms with E-state index >= 15 is 0 Å². The minimum absolute atomic E-state index is 0.216. The molecule has 4 aromatic rings. The molecule has 3 nitrogen and oxygen atoms in total. The van der Waals surface area contributed by atoms with Crippen molar-refractivity contribution in [3.8, 4) is 0 Å². The molecule has 0 radical (unpaired) electrons. The Morgan fingerprint density at radius 2 is 0.793 bits per heavy atom. The van der Waals surface area contributed by atoms with Gasteiger partial charge < -0.3 is 0 Å². The molecule has 144 valence electrons. The number of hydrogen-bond acceptors (Lipinski definition) is 2. The van der Waals surface area contributed by atoms with E-state index in [2.05, 4.69) is 0 Å². The molecule has 0 N–H and O–H groups in total. The van der Waals surface area contributed by atoms with Crippen molar-refractivity contribution < 1.29 is 8.42 Å². The van der Waals surface area contributed by atoms with E-state index in [4.69, 9.17) is 3.27 Å². The van der Waals surface area contributed by atoms with Gasteiger partial charge in [-0.1, -0.05) is 0 Å². The summed E-state index contributed by atoms with van der Waals surface area (Å²) in [6.07, 6.45) is 0. The molecule has 0 aliphatic rings. The van der Waals surface area contributed by atoms with Crippen molar-refractivity contribution in [2.75, 3.05) is 0 Å². The van der Waals surface area contributed by atoms with Gasteiger partial charge in [-0.3, -0.25) is 0 Å². The fourth-order valence-corrected chi connectivity index (χ4v) is 14.6. The van der Waals surface area contributed by atoms with E-state index in [0.29, 0.717) is 0 Å². The van der Waals surface area contributed by atoms with E-state index in [1.807, 2.05) is 91.0 Å². The second kappa shape index (κ2) is 8.28. The Balaban J connectivity index is 2.15. The van der Waals surface area contributed by atoms with E-state index in [0.717, 1.165) is 13.1 Å². The fourth-order valence-electron chi connectivity index (χ4n) is 3.32. The molecule has 0 amide bonds. The van der Waals surface area contributed by atoms with Crippen molar-refractivity contribution >= 4 is 36.4 Å². The number of rotatable bonds is 5. The van der Waals surface area contributed by atoms with Gasteiger partial charge >= 0.3 is 174 Å². The van der Waals surface area contributed by atoms with E-state index in [9.17, 15) is 8.42 Å². The summed E-state index contributed by atoms with van der Waals surface area (Å²) in [6.45, 7) is 0. The Morgan fingerprint density at radius 1 is 0.483 bits per heavy atom. The van der Waals surface area contributed by atoms with Crippen LogP contribution < -0.4 is 13.1 Å². The molecule has 0 saturated heterocycles. The van der Waals surface area contributed by atoms with Crippen LogP contribution in [0.15, 0.2) is 129 Å². The van der Waals surface area contributed by atoms with Crippen LogP contribution in [0.3, 0.4) is 0 Å². The normalized spacial score (nSPS) is 11.7. The predicted octanol–water partition coefficient (Wildman–Crippen LogP) is 3.31. The van der Waals surface area contributed by atoms with Gasteiger partial charge in [-0.2, -0.15) is 0 Å². The summed E-state index contributed by atoms with van der Waals surface area (Å²) in [6, 6.07) is 37.9. The third-order valence-electron chi connectivity index (χ3n) is 4.66. The predicted molar refractivity (Wildman–Crippen MR) is 120 cm³/mol. The zero-order chi connectivity index (χ0) is 20.2. The Labute approximate surface area is 174 Å². The maximum absolute atomic E-state index is 13.4. The Morgan fingerprint density at radius 3 is 1.14 bits per heavy atom. The first kappa shape index (κ1) is 19.5. The molecule has 0 aliphatic heterocycles. The quantitative estimate of drug-likeness (QED) is 0.428. The van der Waals surface area contributed by atoms with Gasteiger partial charge in [-0.25, -0.2) is 0 Å². The molecule has 4 aromatic carbocycles. The van der Waals surface area contributed by atoms with Gasteiger partial charge in [0.1, 0.15) is 0 Å². The molecule has 0 fully saturated rings. The van der Waals surface area contributed by atoms with Gasteiger partial charge in [-0.15, -0.1) is 0 Å². The van der Waals surface area contributed by atoms with Crippen molar-refractivity contribution in [2.24, 2.45) is 3.27 Å². The van der Waals surface area contributed by atoms with Gasteiger partial charge in [-0.05, 0) is 0 Å². The summed E-state index contributed by atoms with van der Waals surface area (Å²) in [5.41, 5.74) is 0. The number of nitrogens with zero attached hydrogens (tertiary/aromatic N) is 1.